The summed E-state index contributed by atoms with van der Waals surface area (Å²) in [7, 11) is 0. The molecule has 0 radical (unpaired) electrons. The zero-order chi connectivity index (χ0) is 21.4. The summed E-state index contributed by atoms with van der Waals surface area (Å²) in [5, 5.41) is 2.50. The molecule has 154 valence electrons. The van der Waals surface area contributed by atoms with Crippen molar-refractivity contribution in [3.8, 4) is 5.75 Å². The smallest absolute Gasteiger partial charge is 0.269 e. The summed E-state index contributed by atoms with van der Waals surface area (Å²) in [5.41, 5.74) is 4.76. The predicted octanol–water partition coefficient (Wildman–Crippen LogP) is 2.44. The van der Waals surface area contributed by atoms with Gasteiger partial charge in [-0.25, -0.2) is 4.39 Å². The lowest BCUT2D eigenvalue weighted by Gasteiger charge is -2.22. The van der Waals surface area contributed by atoms with Crippen LogP contribution in [0.2, 0.25) is 0 Å². The van der Waals surface area contributed by atoms with Gasteiger partial charge in [-0.3, -0.25) is 25.2 Å². The number of rotatable bonds is 7. The van der Waals surface area contributed by atoms with Crippen LogP contribution in [0.15, 0.2) is 48.5 Å². The monoisotopic (exact) mass is 401 g/mol. The molecular formula is C21H24FN3O4. The van der Waals surface area contributed by atoms with Crippen molar-refractivity contribution in [2.24, 2.45) is 5.92 Å². The second-order valence-electron chi connectivity index (χ2n) is 6.58. The van der Waals surface area contributed by atoms with Gasteiger partial charge in [0, 0.05) is 5.56 Å². The van der Waals surface area contributed by atoms with Crippen LogP contribution in [0.4, 0.5) is 4.39 Å². The van der Waals surface area contributed by atoms with E-state index in [4.69, 9.17) is 4.74 Å². The second kappa shape index (κ2) is 10.2. The molecule has 2 rings (SSSR count). The molecule has 29 heavy (non-hydrogen) atoms. The third-order valence-corrected chi connectivity index (χ3v) is 4.08. The molecular weight excluding hydrogens is 377 g/mol. The minimum absolute atomic E-state index is 0.163. The van der Waals surface area contributed by atoms with Crippen LogP contribution < -0.4 is 20.9 Å². The Balaban J connectivity index is 1.97. The number of halogens is 1. The number of nitrogens with one attached hydrogen (secondary N) is 3. The van der Waals surface area contributed by atoms with Crippen LogP contribution in [0.1, 0.15) is 41.5 Å². The van der Waals surface area contributed by atoms with Crippen molar-refractivity contribution in [1.82, 2.24) is 16.2 Å². The van der Waals surface area contributed by atoms with Gasteiger partial charge in [0.05, 0.1) is 12.2 Å². The summed E-state index contributed by atoms with van der Waals surface area (Å²) in [4.78, 5) is 37.0. The summed E-state index contributed by atoms with van der Waals surface area (Å²) in [6.07, 6.45) is 0. The summed E-state index contributed by atoms with van der Waals surface area (Å²) < 4.78 is 19.1. The first kappa shape index (κ1) is 21.9. The highest BCUT2D eigenvalue weighted by molar-refractivity contribution is 5.99. The first-order valence-corrected chi connectivity index (χ1v) is 9.22. The molecule has 0 aliphatic heterocycles. The summed E-state index contributed by atoms with van der Waals surface area (Å²) in [6, 6.07) is 10.9. The van der Waals surface area contributed by atoms with E-state index >= 15 is 0 Å². The average Bonchev–Trinajstić information content (AvgIpc) is 2.70. The molecule has 0 spiro atoms. The number of benzene rings is 2. The highest BCUT2D eigenvalue weighted by Gasteiger charge is 2.26. The lowest BCUT2D eigenvalue weighted by Crippen LogP contribution is -2.54. The Morgan fingerprint density at radius 3 is 2.21 bits per heavy atom. The Morgan fingerprint density at radius 1 is 0.966 bits per heavy atom. The normalized spacial score (nSPS) is 11.5. The van der Waals surface area contributed by atoms with E-state index in [1.165, 1.54) is 18.2 Å². The van der Waals surface area contributed by atoms with E-state index in [0.717, 1.165) is 6.07 Å². The lowest BCUT2D eigenvalue weighted by atomic mass is 10.0. The number of amides is 3. The molecule has 3 amide bonds. The fraction of sp³-hybridized carbons (Fsp3) is 0.286. The summed E-state index contributed by atoms with van der Waals surface area (Å²) in [5.74, 6) is -2.21. The Hall–Kier alpha value is -3.42. The van der Waals surface area contributed by atoms with Crippen molar-refractivity contribution in [2.45, 2.75) is 26.8 Å². The van der Waals surface area contributed by atoms with E-state index in [1.807, 2.05) is 6.92 Å². The van der Waals surface area contributed by atoms with Gasteiger partial charge >= 0.3 is 0 Å². The Bertz CT molecular complexity index is 868. The Labute approximate surface area is 168 Å². The van der Waals surface area contributed by atoms with Gasteiger partial charge in [0.1, 0.15) is 17.6 Å². The molecule has 0 aliphatic rings. The number of hydrazine groups is 1. The second-order valence-corrected chi connectivity index (χ2v) is 6.58. The predicted molar refractivity (Wildman–Crippen MR) is 106 cm³/mol. The zero-order valence-electron chi connectivity index (χ0n) is 16.5. The van der Waals surface area contributed by atoms with Gasteiger partial charge < -0.3 is 10.1 Å². The fourth-order valence-corrected chi connectivity index (χ4v) is 2.54. The molecule has 7 nitrogen and oxygen atoms in total. The highest BCUT2D eigenvalue weighted by atomic mass is 19.1. The van der Waals surface area contributed by atoms with Gasteiger partial charge in [0.25, 0.3) is 17.7 Å². The minimum atomic E-state index is -0.970. The van der Waals surface area contributed by atoms with Crippen molar-refractivity contribution in [3.05, 3.63) is 65.5 Å². The molecule has 0 saturated heterocycles. The number of carbonyl (C=O) groups is 3. The number of hydrogen-bond donors (Lipinski definition) is 3. The van der Waals surface area contributed by atoms with Gasteiger partial charge in [-0.05, 0) is 49.2 Å². The maximum absolute atomic E-state index is 13.8. The number of hydrogen-bond acceptors (Lipinski definition) is 4. The molecule has 0 aromatic heterocycles. The van der Waals surface area contributed by atoms with E-state index in [0.29, 0.717) is 17.9 Å². The van der Waals surface area contributed by atoms with Crippen molar-refractivity contribution < 1.29 is 23.5 Å². The first-order valence-electron chi connectivity index (χ1n) is 9.22. The molecule has 3 N–H and O–H groups in total. The van der Waals surface area contributed by atoms with Gasteiger partial charge in [0.15, 0.2) is 0 Å². The SMILES string of the molecule is CCOc1ccc(C(=O)NNC(=O)[C@H](NC(=O)c2ccccc2F)C(C)C)cc1. The molecule has 0 aliphatic carbocycles. The van der Waals surface area contributed by atoms with Crippen LogP contribution in [0.5, 0.6) is 5.75 Å². The molecule has 2 aromatic rings. The molecule has 0 unspecified atom stereocenters. The average molecular weight is 401 g/mol. The largest absolute Gasteiger partial charge is 0.494 e. The minimum Gasteiger partial charge on any atom is -0.494 e. The maximum Gasteiger partial charge on any atom is 0.269 e. The third-order valence-electron chi connectivity index (χ3n) is 4.08. The Kier molecular flexibility index (Phi) is 7.70. The van der Waals surface area contributed by atoms with Crippen LogP contribution in [-0.2, 0) is 4.79 Å². The van der Waals surface area contributed by atoms with Gasteiger partial charge in [-0.1, -0.05) is 26.0 Å². The van der Waals surface area contributed by atoms with Crippen molar-refractivity contribution in [2.75, 3.05) is 6.61 Å². The van der Waals surface area contributed by atoms with Crippen LogP contribution in [0, 0.1) is 11.7 Å². The third kappa shape index (κ3) is 6.03. The van der Waals surface area contributed by atoms with Gasteiger partial charge in [-0.15, -0.1) is 0 Å². The Morgan fingerprint density at radius 2 is 1.62 bits per heavy atom. The van der Waals surface area contributed by atoms with Crippen LogP contribution in [0.3, 0.4) is 0 Å². The van der Waals surface area contributed by atoms with Crippen molar-refractivity contribution >= 4 is 17.7 Å². The van der Waals surface area contributed by atoms with E-state index in [2.05, 4.69) is 16.2 Å². The van der Waals surface area contributed by atoms with E-state index in [-0.39, 0.29) is 11.5 Å². The number of ether oxygens (including phenoxy) is 1. The van der Waals surface area contributed by atoms with Gasteiger partial charge in [0.2, 0.25) is 0 Å². The number of carbonyl (C=O) groups excluding carboxylic acids is 3. The summed E-state index contributed by atoms with van der Waals surface area (Å²) >= 11 is 0. The quantitative estimate of drug-likeness (QED) is 0.621. The molecule has 0 heterocycles. The van der Waals surface area contributed by atoms with E-state index in [1.54, 1.807) is 38.1 Å². The van der Waals surface area contributed by atoms with E-state index < -0.39 is 29.6 Å². The summed E-state index contributed by atoms with van der Waals surface area (Å²) in [6.45, 7) is 5.81. The van der Waals surface area contributed by atoms with Crippen LogP contribution >= 0.6 is 0 Å². The maximum atomic E-state index is 13.8. The van der Waals surface area contributed by atoms with Gasteiger partial charge in [-0.2, -0.15) is 0 Å². The van der Waals surface area contributed by atoms with Crippen LogP contribution in [-0.4, -0.2) is 30.4 Å². The zero-order valence-corrected chi connectivity index (χ0v) is 16.5. The molecule has 2 aromatic carbocycles. The molecule has 0 saturated carbocycles. The van der Waals surface area contributed by atoms with Crippen LogP contribution in [0.25, 0.3) is 0 Å². The molecule has 0 fully saturated rings. The van der Waals surface area contributed by atoms with E-state index in [9.17, 15) is 18.8 Å². The first-order chi connectivity index (χ1) is 13.8. The highest BCUT2D eigenvalue weighted by Crippen LogP contribution is 2.12. The topological polar surface area (TPSA) is 96.5 Å². The standard InChI is InChI=1S/C21H24FN3O4/c1-4-29-15-11-9-14(10-12-15)19(26)24-25-21(28)18(13(2)3)23-20(27)16-7-5-6-8-17(16)22/h5-13,18H,4H2,1-3H3,(H,23,27)(H,24,26)(H,25,28)/t18-/m1/s1. The van der Waals surface area contributed by atoms with Crippen molar-refractivity contribution in [1.29, 1.82) is 0 Å². The van der Waals surface area contributed by atoms with Crippen molar-refractivity contribution in [3.63, 3.8) is 0 Å². The molecule has 8 heteroatoms. The lowest BCUT2D eigenvalue weighted by molar-refractivity contribution is -0.124. The molecule has 0 bridgehead atoms. The fourth-order valence-electron chi connectivity index (χ4n) is 2.54. The molecule has 1 atom stereocenters.